The molecule has 100 valence electrons. The summed E-state index contributed by atoms with van der Waals surface area (Å²) in [7, 11) is 0. The normalized spacial score (nSPS) is 13.1. The summed E-state index contributed by atoms with van der Waals surface area (Å²) in [5, 5.41) is 2.67. The fraction of sp³-hybridized carbons (Fsp3) is 0.533. The highest BCUT2D eigenvalue weighted by Gasteiger charge is 2.15. The van der Waals surface area contributed by atoms with Gasteiger partial charge in [-0.3, -0.25) is 4.79 Å². The van der Waals surface area contributed by atoms with Crippen LogP contribution >= 0.6 is 12.6 Å². The molecule has 1 aromatic carbocycles. The molecular formula is C15H23NOS. The van der Waals surface area contributed by atoms with Crippen LogP contribution in [0.4, 0.5) is 0 Å². The molecule has 1 unspecified atom stereocenters. The number of nitrogens with one attached hydrogen (secondary N) is 1. The Balaban J connectivity index is 2.34. The molecule has 1 rings (SSSR count). The number of carbonyl (C=O) groups is 1. The third-order valence-electron chi connectivity index (χ3n) is 2.75. The smallest absolute Gasteiger partial charge is 0.233 e. The minimum atomic E-state index is -0.271. The summed E-state index contributed by atoms with van der Waals surface area (Å²) in [5.41, 5.74) is 1.39. The number of hydrogen-bond acceptors (Lipinski definition) is 2. The number of thiol groups is 1. The van der Waals surface area contributed by atoms with Crippen LogP contribution in [0.2, 0.25) is 0 Å². The molecule has 0 aromatic heterocycles. The van der Waals surface area contributed by atoms with E-state index in [0.29, 0.717) is 13.0 Å². The zero-order valence-corrected chi connectivity index (χ0v) is 12.3. The molecule has 1 amide bonds. The quantitative estimate of drug-likeness (QED) is 0.787. The van der Waals surface area contributed by atoms with Gasteiger partial charge in [0.1, 0.15) is 0 Å². The molecule has 0 saturated carbocycles. The molecule has 1 N–H and O–H groups in total. The van der Waals surface area contributed by atoms with Gasteiger partial charge in [-0.05, 0) is 23.8 Å². The highest BCUT2D eigenvalue weighted by molar-refractivity contribution is 7.81. The molecule has 0 fully saturated rings. The lowest BCUT2D eigenvalue weighted by Gasteiger charge is -2.19. The minimum Gasteiger partial charge on any atom is -0.355 e. The zero-order valence-electron chi connectivity index (χ0n) is 11.4. The van der Waals surface area contributed by atoms with Crippen LogP contribution in [0.5, 0.6) is 0 Å². The zero-order chi connectivity index (χ0) is 13.6. The van der Waals surface area contributed by atoms with Crippen LogP contribution in [0.3, 0.4) is 0 Å². The van der Waals surface area contributed by atoms with E-state index in [2.05, 4.69) is 38.7 Å². The number of hydrogen-bond donors (Lipinski definition) is 2. The van der Waals surface area contributed by atoms with Crippen molar-refractivity contribution in [3.05, 3.63) is 35.9 Å². The standard InChI is InChI=1S/C15H23NOS/c1-15(2,3)9-10-16-14(17)13(18)11-12-7-5-4-6-8-12/h4-8,13,18H,9-11H2,1-3H3,(H,16,17). The molecule has 0 spiro atoms. The van der Waals surface area contributed by atoms with E-state index in [-0.39, 0.29) is 16.6 Å². The first-order chi connectivity index (χ1) is 8.38. The second kappa shape index (κ2) is 6.83. The Kier molecular flexibility index (Phi) is 5.73. The molecule has 1 aromatic rings. The van der Waals surface area contributed by atoms with Crippen molar-refractivity contribution in [2.45, 2.75) is 38.9 Å². The van der Waals surface area contributed by atoms with Gasteiger partial charge < -0.3 is 5.32 Å². The van der Waals surface area contributed by atoms with Gasteiger partial charge in [0.2, 0.25) is 5.91 Å². The average molecular weight is 265 g/mol. The lowest BCUT2D eigenvalue weighted by molar-refractivity contribution is -0.120. The van der Waals surface area contributed by atoms with Crippen LogP contribution in [-0.2, 0) is 11.2 Å². The van der Waals surface area contributed by atoms with Crippen molar-refractivity contribution in [1.29, 1.82) is 0 Å². The molecule has 2 nitrogen and oxygen atoms in total. The summed E-state index contributed by atoms with van der Waals surface area (Å²) >= 11 is 4.37. The van der Waals surface area contributed by atoms with Gasteiger partial charge in [0.25, 0.3) is 0 Å². The lowest BCUT2D eigenvalue weighted by Crippen LogP contribution is -2.34. The summed E-state index contributed by atoms with van der Waals surface area (Å²) in [6, 6.07) is 9.97. The van der Waals surface area contributed by atoms with E-state index in [1.807, 2.05) is 30.3 Å². The number of rotatable bonds is 5. The first kappa shape index (κ1) is 15.1. The Labute approximate surface area is 116 Å². The van der Waals surface area contributed by atoms with Crippen LogP contribution in [-0.4, -0.2) is 17.7 Å². The highest BCUT2D eigenvalue weighted by Crippen LogP contribution is 2.17. The van der Waals surface area contributed by atoms with Crippen molar-refractivity contribution in [2.75, 3.05) is 6.54 Å². The molecule has 0 radical (unpaired) electrons. The molecule has 1 atom stereocenters. The maximum Gasteiger partial charge on any atom is 0.233 e. The Morgan fingerprint density at radius 2 is 1.89 bits per heavy atom. The fourth-order valence-electron chi connectivity index (χ4n) is 1.61. The Hall–Kier alpha value is -0.960. The van der Waals surface area contributed by atoms with E-state index in [0.717, 1.165) is 12.0 Å². The van der Waals surface area contributed by atoms with Crippen LogP contribution in [0.1, 0.15) is 32.8 Å². The predicted molar refractivity (Wildman–Crippen MR) is 80.0 cm³/mol. The van der Waals surface area contributed by atoms with Crippen LogP contribution in [0.25, 0.3) is 0 Å². The van der Waals surface area contributed by atoms with Crippen molar-refractivity contribution >= 4 is 18.5 Å². The van der Waals surface area contributed by atoms with Crippen LogP contribution < -0.4 is 5.32 Å². The molecule has 0 aliphatic heterocycles. The monoisotopic (exact) mass is 265 g/mol. The predicted octanol–water partition coefficient (Wildman–Crippen LogP) is 3.08. The van der Waals surface area contributed by atoms with Crippen molar-refractivity contribution in [3.8, 4) is 0 Å². The van der Waals surface area contributed by atoms with E-state index in [1.54, 1.807) is 0 Å². The van der Waals surface area contributed by atoms with Gasteiger partial charge in [0.15, 0.2) is 0 Å². The third kappa shape index (κ3) is 6.10. The van der Waals surface area contributed by atoms with Gasteiger partial charge >= 0.3 is 0 Å². The lowest BCUT2D eigenvalue weighted by atomic mass is 9.92. The maximum absolute atomic E-state index is 11.8. The Bertz CT molecular complexity index is 370. The van der Waals surface area contributed by atoms with E-state index < -0.39 is 0 Å². The van der Waals surface area contributed by atoms with Crippen LogP contribution in [0, 0.1) is 5.41 Å². The molecule has 0 aliphatic rings. The van der Waals surface area contributed by atoms with Gasteiger partial charge in [-0.25, -0.2) is 0 Å². The van der Waals surface area contributed by atoms with Crippen molar-refractivity contribution in [3.63, 3.8) is 0 Å². The summed E-state index contributed by atoms with van der Waals surface area (Å²) in [6.45, 7) is 7.22. The molecule has 0 aliphatic carbocycles. The third-order valence-corrected chi connectivity index (χ3v) is 3.17. The van der Waals surface area contributed by atoms with Crippen molar-refractivity contribution in [2.24, 2.45) is 5.41 Å². The van der Waals surface area contributed by atoms with E-state index in [9.17, 15) is 4.79 Å². The van der Waals surface area contributed by atoms with Gasteiger partial charge in [0, 0.05) is 6.54 Å². The average Bonchev–Trinajstić information content (AvgIpc) is 2.28. The molecular weight excluding hydrogens is 242 g/mol. The van der Waals surface area contributed by atoms with Crippen molar-refractivity contribution < 1.29 is 4.79 Å². The summed E-state index contributed by atoms with van der Waals surface area (Å²) in [5.74, 6) is 0.0198. The van der Waals surface area contributed by atoms with Crippen LogP contribution in [0.15, 0.2) is 30.3 Å². The maximum atomic E-state index is 11.8. The first-order valence-corrected chi connectivity index (χ1v) is 6.90. The van der Waals surface area contributed by atoms with E-state index in [4.69, 9.17) is 0 Å². The van der Waals surface area contributed by atoms with Crippen molar-refractivity contribution in [1.82, 2.24) is 5.32 Å². The molecule has 0 bridgehead atoms. The van der Waals surface area contributed by atoms with Gasteiger partial charge in [-0.15, -0.1) is 0 Å². The number of benzene rings is 1. The fourth-order valence-corrected chi connectivity index (χ4v) is 1.91. The second-order valence-corrected chi connectivity index (χ2v) is 6.43. The Morgan fingerprint density at radius 1 is 1.28 bits per heavy atom. The SMILES string of the molecule is CC(C)(C)CCNC(=O)C(S)Cc1ccccc1. The second-order valence-electron chi connectivity index (χ2n) is 5.81. The molecule has 18 heavy (non-hydrogen) atoms. The summed E-state index contributed by atoms with van der Waals surface area (Å²) in [6.07, 6.45) is 1.65. The molecule has 0 saturated heterocycles. The topological polar surface area (TPSA) is 29.1 Å². The van der Waals surface area contributed by atoms with Gasteiger partial charge in [-0.2, -0.15) is 12.6 Å². The molecule has 0 heterocycles. The van der Waals surface area contributed by atoms with Gasteiger partial charge in [-0.1, -0.05) is 51.1 Å². The minimum absolute atomic E-state index is 0.0198. The summed E-state index contributed by atoms with van der Waals surface area (Å²) in [4.78, 5) is 11.8. The Morgan fingerprint density at radius 3 is 2.44 bits per heavy atom. The first-order valence-electron chi connectivity index (χ1n) is 6.38. The summed E-state index contributed by atoms with van der Waals surface area (Å²) < 4.78 is 0. The molecule has 3 heteroatoms. The highest BCUT2D eigenvalue weighted by atomic mass is 32.1. The van der Waals surface area contributed by atoms with E-state index in [1.165, 1.54) is 0 Å². The van der Waals surface area contributed by atoms with E-state index >= 15 is 0 Å². The number of carbonyl (C=O) groups excluding carboxylic acids is 1. The van der Waals surface area contributed by atoms with Gasteiger partial charge in [0.05, 0.1) is 5.25 Å². The largest absolute Gasteiger partial charge is 0.355 e. The number of amides is 1.